The van der Waals surface area contributed by atoms with E-state index in [2.05, 4.69) is 0 Å². The maximum Gasteiger partial charge on any atom is 0.292 e. The maximum absolute atomic E-state index is 11.6. The first-order valence-corrected chi connectivity index (χ1v) is 5.52. The molecule has 0 aromatic heterocycles. The van der Waals surface area contributed by atoms with Crippen LogP contribution in [0.4, 0.5) is 17.1 Å². The van der Waals surface area contributed by atoms with Crippen molar-refractivity contribution >= 4 is 23.0 Å². The molecule has 1 aliphatic heterocycles. The molecule has 1 aromatic rings. The molecule has 1 amide bonds. The van der Waals surface area contributed by atoms with Gasteiger partial charge in [0.15, 0.2) is 0 Å². The Bertz CT molecular complexity index is 503. The second kappa shape index (κ2) is 4.52. The molecular weight excluding hydrogens is 236 g/mol. The maximum atomic E-state index is 11.6. The lowest BCUT2D eigenvalue weighted by molar-refractivity contribution is -0.383. The van der Waals surface area contributed by atoms with E-state index in [1.165, 1.54) is 12.1 Å². The molecule has 1 aliphatic rings. The van der Waals surface area contributed by atoms with E-state index in [0.29, 0.717) is 13.1 Å². The molecule has 7 nitrogen and oxygen atoms in total. The summed E-state index contributed by atoms with van der Waals surface area (Å²) in [5.41, 5.74) is 6.37. The summed E-state index contributed by atoms with van der Waals surface area (Å²) in [6, 6.07) is 4.53. The minimum absolute atomic E-state index is 0.0261. The number of hydrogen-bond donors (Lipinski definition) is 1. The second-order valence-corrected chi connectivity index (χ2v) is 4.24. The molecule has 1 fully saturated rings. The van der Waals surface area contributed by atoms with Crippen molar-refractivity contribution in [3.8, 4) is 0 Å². The molecule has 1 aromatic carbocycles. The standard InChI is InChI=1S/C11H14N4O3/c1-13-4-5-14(7-11(13)16)8-2-3-10(15(17)18)9(12)6-8/h2-3,6H,4-5,7,12H2,1H3. The van der Waals surface area contributed by atoms with E-state index >= 15 is 0 Å². The average molecular weight is 250 g/mol. The van der Waals surface area contributed by atoms with Crippen LogP contribution in [0.3, 0.4) is 0 Å². The lowest BCUT2D eigenvalue weighted by atomic mass is 10.2. The Balaban J connectivity index is 2.22. The molecule has 2 rings (SSSR count). The summed E-state index contributed by atoms with van der Waals surface area (Å²) in [4.78, 5) is 25.2. The number of carbonyl (C=O) groups is 1. The molecule has 0 saturated carbocycles. The van der Waals surface area contributed by atoms with E-state index in [-0.39, 0.29) is 23.8 Å². The predicted octanol–water partition coefficient (Wildman–Crippen LogP) is 0.455. The fourth-order valence-electron chi connectivity index (χ4n) is 1.88. The first-order valence-electron chi connectivity index (χ1n) is 5.52. The van der Waals surface area contributed by atoms with Gasteiger partial charge in [-0.25, -0.2) is 0 Å². The van der Waals surface area contributed by atoms with Crippen molar-refractivity contribution in [1.82, 2.24) is 4.90 Å². The molecule has 0 unspecified atom stereocenters. The molecule has 0 bridgehead atoms. The molecule has 0 radical (unpaired) electrons. The minimum Gasteiger partial charge on any atom is -0.393 e. The van der Waals surface area contributed by atoms with Crippen molar-refractivity contribution in [3.63, 3.8) is 0 Å². The average Bonchev–Trinajstić information content (AvgIpc) is 2.32. The Morgan fingerprint density at radius 2 is 2.11 bits per heavy atom. The molecule has 1 heterocycles. The van der Waals surface area contributed by atoms with Crippen LogP contribution in [0, 0.1) is 10.1 Å². The fourth-order valence-corrected chi connectivity index (χ4v) is 1.88. The number of amides is 1. The van der Waals surface area contributed by atoms with Gasteiger partial charge in [0.1, 0.15) is 5.69 Å². The molecule has 1 saturated heterocycles. The van der Waals surface area contributed by atoms with Gasteiger partial charge in [-0.05, 0) is 12.1 Å². The van der Waals surface area contributed by atoms with Gasteiger partial charge >= 0.3 is 0 Å². The molecule has 7 heteroatoms. The number of likely N-dealkylation sites (N-methyl/N-ethyl adjacent to an activating group) is 1. The van der Waals surface area contributed by atoms with Crippen molar-refractivity contribution in [3.05, 3.63) is 28.3 Å². The third kappa shape index (κ3) is 2.20. The second-order valence-electron chi connectivity index (χ2n) is 4.24. The Morgan fingerprint density at radius 1 is 1.39 bits per heavy atom. The molecule has 0 spiro atoms. The van der Waals surface area contributed by atoms with Crippen molar-refractivity contribution in [1.29, 1.82) is 0 Å². The predicted molar refractivity (Wildman–Crippen MR) is 67.4 cm³/mol. The highest BCUT2D eigenvalue weighted by molar-refractivity contribution is 5.83. The first kappa shape index (κ1) is 12.2. The van der Waals surface area contributed by atoms with Crippen LogP contribution in [0.25, 0.3) is 0 Å². The van der Waals surface area contributed by atoms with Crippen LogP contribution in [0.5, 0.6) is 0 Å². The van der Waals surface area contributed by atoms with Crippen molar-refractivity contribution in [2.45, 2.75) is 0 Å². The Labute approximate surface area is 104 Å². The highest BCUT2D eigenvalue weighted by atomic mass is 16.6. The quantitative estimate of drug-likeness (QED) is 0.467. The van der Waals surface area contributed by atoms with Crippen molar-refractivity contribution in [2.75, 3.05) is 37.3 Å². The number of nitrogens with zero attached hydrogens (tertiary/aromatic N) is 3. The lowest BCUT2D eigenvalue weighted by Gasteiger charge is -2.33. The fraction of sp³-hybridized carbons (Fsp3) is 0.364. The van der Waals surface area contributed by atoms with Gasteiger partial charge in [0.05, 0.1) is 11.5 Å². The van der Waals surface area contributed by atoms with Crippen molar-refractivity contribution < 1.29 is 9.72 Å². The number of carbonyl (C=O) groups excluding carboxylic acids is 1. The van der Waals surface area contributed by atoms with Crippen LogP contribution in [-0.2, 0) is 4.79 Å². The van der Waals surface area contributed by atoms with Crippen LogP contribution in [-0.4, -0.2) is 42.4 Å². The third-order valence-electron chi connectivity index (χ3n) is 3.03. The first-order chi connectivity index (χ1) is 8.49. The van der Waals surface area contributed by atoms with Crippen LogP contribution in [0.15, 0.2) is 18.2 Å². The minimum atomic E-state index is -0.520. The topological polar surface area (TPSA) is 92.7 Å². The summed E-state index contributed by atoms with van der Waals surface area (Å²) in [6.07, 6.45) is 0. The van der Waals surface area contributed by atoms with Crippen LogP contribution < -0.4 is 10.6 Å². The summed E-state index contributed by atoms with van der Waals surface area (Å²) in [6.45, 7) is 1.60. The molecule has 18 heavy (non-hydrogen) atoms. The molecule has 2 N–H and O–H groups in total. The summed E-state index contributed by atoms with van der Waals surface area (Å²) >= 11 is 0. The number of hydrogen-bond acceptors (Lipinski definition) is 5. The molecular formula is C11H14N4O3. The summed E-state index contributed by atoms with van der Waals surface area (Å²) in [5.74, 6) is 0.0261. The number of nitrogens with two attached hydrogens (primary N) is 1. The van der Waals surface area contributed by atoms with E-state index < -0.39 is 4.92 Å². The Morgan fingerprint density at radius 3 is 2.67 bits per heavy atom. The Hall–Kier alpha value is -2.31. The van der Waals surface area contributed by atoms with Crippen molar-refractivity contribution in [2.24, 2.45) is 0 Å². The highest BCUT2D eigenvalue weighted by Crippen LogP contribution is 2.27. The number of rotatable bonds is 2. The summed E-state index contributed by atoms with van der Waals surface area (Å²) in [5, 5.41) is 10.7. The van der Waals surface area contributed by atoms with Gasteiger partial charge in [-0.1, -0.05) is 0 Å². The summed E-state index contributed by atoms with van der Waals surface area (Å²) in [7, 11) is 1.75. The van der Waals surface area contributed by atoms with E-state index in [4.69, 9.17) is 5.73 Å². The molecule has 0 aliphatic carbocycles. The van der Waals surface area contributed by atoms with Crippen LogP contribution in [0.1, 0.15) is 0 Å². The van der Waals surface area contributed by atoms with Gasteiger partial charge in [-0.15, -0.1) is 0 Å². The van der Waals surface area contributed by atoms with Crippen LogP contribution >= 0.6 is 0 Å². The zero-order chi connectivity index (χ0) is 13.3. The smallest absolute Gasteiger partial charge is 0.292 e. The van der Waals surface area contributed by atoms with Gasteiger partial charge in [-0.2, -0.15) is 0 Å². The Kier molecular flexibility index (Phi) is 3.05. The van der Waals surface area contributed by atoms with E-state index in [0.717, 1.165) is 5.69 Å². The third-order valence-corrected chi connectivity index (χ3v) is 3.03. The number of anilines is 2. The molecule has 96 valence electrons. The van der Waals surface area contributed by atoms with E-state index in [9.17, 15) is 14.9 Å². The van der Waals surface area contributed by atoms with E-state index in [1.54, 1.807) is 18.0 Å². The normalized spacial score (nSPS) is 15.9. The number of nitro benzene ring substituents is 1. The zero-order valence-electron chi connectivity index (χ0n) is 10.00. The molecule has 0 atom stereocenters. The largest absolute Gasteiger partial charge is 0.393 e. The van der Waals surface area contributed by atoms with Gasteiger partial charge < -0.3 is 15.5 Å². The number of piperazine rings is 1. The van der Waals surface area contributed by atoms with Gasteiger partial charge in [0.25, 0.3) is 5.69 Å². The monoisotopic (exact) mass is 250 g/mol. The number of nitro groups is 1. The van der Waals surface area contributed by atoms with Gasteiger partial charge in [0.2, 0.25) is 5.91 Å². The number of nitrogen functional groups attached to an aromatic ring is 1. The lowest BCUT2D eigenvalue weighted by Crippen LogP contribution is -2.48. The van der Waals surface area contributed by atoms with Crippen LogP contribution in [0.2, 0.25) is 0 Å². The SMILES string of the molecule is CN1CCN(c2ccc([N+](=O)[O-])c(N)c2)CC1=O. The number of benzene rings is 1. The highest BCUT2D eigenvalue weighted by Gasteiger charge is 2.22. The van der Waals surface area contributed by atoms with Gasteiger partial charge in [-0.3, -0.25) is 14.9 Å². The van der Waals surface area contributed by atoms with E-state index in [1.807, 2.05) is 4.90 Å². The van der Waals surface area contributed by atoms with Gasteiger partial charge in [0, 0.05) is 31.9 Å². The zero-order valence-corrected chi connectivity index (χ0v) is 10.00. The summed E-state index contributed by atoms with van der Waals surface area (Å²) < 4.78 is 0.